The van der Waals surface area contributed by atoms with E-state index in [-0.39, 0.29) is 11.7 Å². The summed E-state index contributed by atoms with van der Waals surface area (Å²) < 4.78 is 18.2. The maximum absolute atomic E-state index is 12.9. The highest BCUT2D eigenvalue weighted by atomic mass is 32.1. The smallest absolute Gasteiger partial charge is 0.267 e. The Balaban J connectivity index is 1.77. The van der Waals surface area contributed by atoms with Crippen LogP contribution in [0, 0.1) is 12.7 Å². The number of carbonyl (C=O) groups is 1. The van der Waals surface area contributed by atoms with Gasteiger partial charge in [0.05, 0.1) is 18.5 Å². The Morgan fingerprint density at radius 1 is 1.16 bits per heavy atom. The van der Waals surface area contributed by atoms with Crippen LogP contribution in [-0.2, 0) is 0 Å². The third kappa shape index (κ3) is 3.95. The summed E-state index contributed by atoms with van der Waals surface area (Å²) in [6.07, 6.45) is 0. The van der Waals surface area contributed by atoms with Crippen molar-refractivity contribution in [3.05, 3.63) is 64.9 Å². The highest BCUT2D eigenvalue weighted by molar-refractivity contribution is 7.17. The van der Waals surface area contributed by atoms with E-state index in [1.807, 2.05) is 24.3 Å². The average molecular weight is 357 g/mol. The third-order valence-electron chi connectivity index (χ3n) is 3.45. The quantitative estimate of drug-likeness (QED) is 0.701. The van der Waals surface area contributed by atoms with E-state index in [9.17, 15) is 9.18 Å². The van der Waals surface area contributed by atoms with Crippen molar-refractivity contribution in [2.45, 2.75) is 6.92 Å². The van der Waals surface area contributed by atoms with E-state index in [4.69, 9.17) is 4.74 Å². The van der Waals surface area contributed by atoms with Crippen molar-refractivity contribution < 1.29 is 13.9 Å². The maximum atomic E-state index is 12.9. The van der Waals surface area contributed by atoms with Crippen LogP contribution >= 0.6 is 11.3 Å². The summed E-state index contributed by atoms with van der Waals surface area (Å²) in [5, 5.41) is 6.49. The van der Waals surface area contributed by atoms with E-state index in [0.29, 0.717) is 27.1 Å². The summed E-state index contributed by atoms with van der Waals surface area (Å²) in [6, 6.07) is 13.1. The standard InChI is InChI=1S/C18H16FN3O2S/c1-11-16(17(23)21-13-9-7-12(19)8-10-13)25-18(20-11)22-14-5-3-4-6-15(14)24-2/h3-10H,1-2H3,(H,20,22)(H,21,23). The first-order chi connectivity index (χ1) is 12.1. The Morgan fingerprint density at radius 3 is 2.60 bits per heavy atom. The second-order valence-corrected chi connectivity index (χ2v) is 6.22. The highest BCUT2D eigenvalue weighted by Gasteiger charge is 2.16. The Labute approximate surface area is 148 Å². The van der Waals surface area contributed by atoms with Crippen LogP contribution in [0.4, 0.5) is 20.9 Å². The molecule has 1 heterocycles. The van der Waals surface area contributed by atoms with Crippen LogP contribution in [0.5, 0.6) is 5.75 Å². The number of hydrogen-bond acceptors (Lipinski definition) is 5. The van der Waals surface area contributed by atoms with Crippen molar-refractivity contribution in [3.63, 3.8) is 0 Å². The Hall–Kier alpha value is -2.93. The lowest BCUT2D eigenvalue weighted by Crippen LogP contribution is -2.11. The number of ether oxygens (including phenoxy) is 1. The van der Waals surface area contributed by atoms with Crippen LogP contribution in [0.3, 0.4) is 0 Å². The zero-order valence-electron chi connectivity index (χ0n) is 13.7. The number of para-hydroxylation sites is 2. The second-order valence-electron chi connectivity index (χ2n) is 5.22. The SMILES string of the molecule is COc1ccccc1Nc1nc(C)c(C(=O)Nc2ccc(F)cc2)s1. The number of aryl methyl sites for hydroxylation is 1. The van der Waals surface area contributed by atoms with Gasteiger partial charge in [-0.3, -0.25) is 4.79 Å². The predicted octanol–water partition coefficient (Wildman–Crippen LogP) is 4.60. The number of rotatable bonds is 5. The maximum Gasteiger partial charge on any atom is 0.267 e. The van der Waals surface area contributed by atoms with Crippen molar-refractivity contribution in [1.82, 2.24) is 4.98 Å². The minimum absolute atomic E-state index is 0.283. The molecule has 0 spiro atoms. The average Bonchev–Trinajstić information content (AvgIpc) is 2.98. The Kier molecular flexibility index (Phi) is 4.95. The first kappa shape index (κ1) is 16.9. The van der Waals surface area contributed by atoms with Crippen molar-refractivity contribution in [3.8, 4) is 5.75 Å². The van der Waals surface area contributed by atoms with E-state index in [1.54, 1.807) is 14.0 Å². The molecule has 0 bridgehead atoms. The molecule has 7 heteroatoms. The molecular formula is C18H16FN3O2S. The number of carbonyl (C=O) groups excluding carboxylic acids is 1. The van der Waals surface area contributed by atoms with Crippen molar-refractivity contribution in [2.75, 3.05) is 17.7 Å². The van der Waals surface area contributed by atoms with Gasteiger partial charge in [0.1, 0.15) is 16.4 Å². The van der Waals surface area contributed by atoms with Gasteiger partial charge in [0.25, 0.3) is 5.91 Å². The minimum atomic E-state index is -0.352. The molecule has 0 fully saturated rings. The molecule has 1 aromatic heterocycles. The zero-order valence-corrected chi connectivity index (χ0v) is 14.5. The zero-order chi connectivity index (χ0) is 17.8. The van der Waals surface area contributed by atoms with Crippen molar-refractivity contribution in [2.24, 2.45) is 0 Å². The fraction of sp³-hybridized carbons (Fsp3) is 0.111. The number of benzene rings is 2. The number of thiazole rings is 1. The lowest BCUT2D eigenvalue weighted by molar-refractivity contribution is 0.103. The molecule has 3 rings (SSSR count). The van der Waals surface area contributed by atoms with Gasteiger partial charge in [-0.05, 0) is 43.3 Å². The van der Waals surface area contributed by atoms with E-state index < -0.39 is 0 Å². The van der Waals surface area contributed by atoms with Crippen LogP contribution in [-0.4, -0.2) is 18.0 Å². The van der Waals surface area contributed by atoms with Gasteiger partial charge in [-0.25, -0.2) is 9.37 Å². The first-order valence-corrected chi connectivity index (χ1v) is 8.33. The van der Waals surface area contributed by atoms with Gasteiger partial charge in [0.2, 0.25) is 0 Å². The monoisotopic (exact) mass is 357 g/mol. The molecule has 25 heavy (non-hydrogen) atoms. The molecule has 0 aliphatic rings. The fourth-order valence-electron chi connectivity index (χ4n) is 2.24. The minimum Gasteiger partial charge on any atom is -0.495 e. The molecule has 0 saturated heterocycles. The molecule has 2 aromatic carbocycles. The van der Waals surface area contributed by atoms with Gasteiger partial charge in [-0.1, -0.05) is 23.5 Å². The van der Waals surface area contributed by atoms with E-state index in [2.05, 4.69) is 15.6 Å². The molecule has 0 atom stereocenters. The molecule has 3 aromatic rings. The molecule has 128 valence electrons. The highest BCUT2D eigenvalue weighted by Crippen LogP contribution is 2.31. The summed E-state index contributed by atoms with van der Waals surface area (Å²) >= 11 is 1.24. The number of amides is 1. The molecule has 0 unspecified atom stereocenters. The number of anilines is 3. The summed E-state index contributed by atoms with van der Waals surface area (Å²) in [5.74, 6) is 0.0533. The lowest BCUT2D eigenvalue weighted by atomic mass is 10.3. The molecule has 0 aliphatic carbocycles. The summed E-state index contributed by atoms with van der Waals surface area (Å²) in [5.41, 5.74) is 1.91. The topological polar surface area (TPSA) is 63.2 Å². The van der Waals surface area contributed by atoms with Gasteiger partial charge in [-0.15, -0.1) is 0 Å². The summed E-state index contributed by atoms with van der Waals surface area (Å²) in [7, 11) is 1.59. The number of halogens is 1. The van der Waals surface area contributed by atoms with Gasteiger partial charge in [0, 0.05) is 5.69 Å². The predicted molar refractivity (Wildman–Crippen MR) is 97.5 cm³/mol. The fourth-order valence-corrected chi connectivity index (χ4v) is 3.12. The normalized spacial score (nSPS) is 10.4. The Bertz CT molecular complexity index is 894. The number of hydrogen-bond donors (Lipinski definition) is 2. The second kappa shape index (κ2) is 7.31. The largest absolute Gasteiger partial charge is 0.495 e. The number of nitrogens with zero attached hydrogens (tertiary/aromatic N) is 1. The molecule has 0 saturated carbocycles. The van der Waals surface area contributed by atoms with Gasteiger partial charge < -0.3 is 15.4 Å². The molecule has 2 N–H and O–H groups in total. The van der Waals surface area contributed by atoms with Gasteiger partial charge in [-0.2, -0.15) is 0 Å². The number of aromatic nitrogens is 1. The van der Waals surface area contributed by atoms with E-state index in [1.165, 1.54) is 35.6 Å². The van der Waals surface area contributed by atoms with E-state index in [0.717, 1.165) is 5.69 Å². The van der Waals surface area contributed by atoms with E-state index >= 15 is 0 Å². The van der Waals surface area contributed by atoms with Crippen LogP contribution in [0.15, 0.2) is 48.5 Å². The third-order valence-corrected chi connectivity index (χ3v) is 4.53. The first-order valence-electron chi connectivity index (χ1n) is 7.51. The Morgan fingerprint density at radius 2 is 1.88 bits per heavy atom. The molecule has 5 nitrogen and oxygen atoms in total. The van der Waals surface area contributed by atoms with Crippen LogP contribution in [0.1, 0.15) is 15.4 Å². The van der Waals surface area contributed by atoms with Crippen LogP contribution in [0.2, 0.25) is 0 Å². The summed E-state index contributed by atoms with van der Waals surface area (Å²) in [6.45, 7) is 1.77. The molecular weight excluding hydrogens is 341 g/mol. The van der Waals surface area contributed by atoms with Crippen molar-refractivity contribution in [1.29, 1.82) is 0 Å². The molecule has 0 aliphatic heterocycles. The number of nitrogens with one attached hydrogen (secondary N) is 2. The van der Waals surface area contributed by atoms with Gasteiger partial charge >= 0.3 is 0 Å². The van der Waals surface area contributed by atoms with Crippen LogP contribution in [0.25, 0.3) is 0 Å². The number of methoxy groups -OCH3 is 1. The summed E-state index contributed by atoms with van der Waals surface area (Å²) in [4.78, 5) is 17.3. The van der Waals surface area contributed by atoms with Crippen LogP contribution < -0.4 is 15.4 Å². The molecule has 0 radical (unpaired) electrons. The molecule has 1 amide bonds. The lowest BCUT2D eigenvalue weighted by Gasteiger charge is -2.07. The van der Waals surface area contributed by atoms with Crippen molar-refractivity contribution >= 4 is 33.8 Å². The van der Waals surface area contributed by atoms with Gasteiger partial charge in [0.15, 0.2) is 5.13 Å².